The summed E-state index contributed by atoms with van der Waals surface area (Å²) in [6.45, 7) is 7.33. The summed E-state index contributed by atoms with van der Waals surface area (Å²) in [6.07, 6.45) is 0.673. The number of aromatic amines is 1. The molecule has 0 radical (unpaired) electrons. The van der Waals surface area contributed by atoms with Crippen molar-refractivity contribution in [3.63, 3.8) is 0 Å². The molecule has 2 aromatic rings. The molecule has 130 valence electrons. The minimum atomic E-state index is -2.91. The maximum Gasteiger partial charge on any atom is 0.189 e. The second-order valence-electron chi connectivity index (χ2n) is 6.78. The molecule has 1 atom stereocenters. The number of benzene rings is 1. The molecule has 1 aromatic heterocycles. The summed E-state index contributed by atoms with van der Waals surface area (Å²) in [5, 5.41) is 0.711. The zero-order valence-corrected chi connectivity index (χ0v) is 15.2. The highest BCUT2D eigenvalue weighted by Gasteiger charge is 2.31. The molecule has 0 aliphatic carbocycles. The van der Waals surface area contributed by atoms with Crippen molar-refractivity contribution in [3.8, 4) is 0 Å². The van der Waals surface area contributed by atoms with Crippen molar-refractivity contribution < 1.29 is 8.42 Å². The van der Waals surface area contributed by atoms with Gasteiger partial charge in [-0.2, -0.15) is 0 Å². The van der Waals surface area contributed by atoms with E-state index in [1.165, 1.54) is 0 Å². The molecule has 2 heterocycles. The van der Waals surface area contributed by atoms with Crippen LogP contribution < -0.4 is 5.43 Å². The molecule has 1 aromatic carbocycles. The highest BCUT2D eigenvalue weighted by molar-refractivity contribution is 7.91. The van der Waals surface area contributed by atoms with Gasteiger partial charge in [0.05, 0.1) is 17.0 Å². The average molecular weight is 348 g/mol. The third-order valence-corrected chi connectivity index (χ3v) is 6.59. The molecule has 3 rings (SSSR count). The van der Waals surface area contributed by atoms with Crippen LogP contribution in [0.15, 0.2) is 23.0 Å². The zero-order valence-electron chi connectivity index (χ0n) is 14.4. The lowest BCUT2D eigenvalue weighted by Gasteiger charge is -2.26. The number of aromatic nitrogens is 1. The Bertz CT molecular complexity index is 931. The van der Waals surface area contributed by atoms with E-state index in [0.717, 1.165) is 28.9 Å². The first-order valence-electron chi connectivity index (χ1n) is 8.36. The van der Waals surface area contributed by atoms with Crippen LogP contribution in [0.2, 0.25) is 0 Å². The number of H-pyrrole nitrogens is 1. The van der Waals surface area contributed by atoms with E-state index in [0.29, 0.717) is 18.4 Å². The van der Waals surface area contributed by atoms with E-state index >= 15 is 0 Å². The molecule has 24 heavy (non-hydrogen) atoms. The van der Waals surface area contributed by atoms with Crippen LogP contribution in [0.5, 0.6) is 0 Å². The molecule has 0 spiro atoms. The Kier molecular flexibility index (Phi) is 4.53. The van der Waals surface area contributed by atoms with Gasteiger partial charge < -0.3 is 4.98 Å². The molecule has 1 aliphatic rings. The molecular weight excluding hydrogens is 324 g/mol. The van der Waals surface area contributed by atoms with Gasteiger partial charge in [0.1, 0.15) is 0 Å². The number of rotatable bonds is 4. The molecule has 1 fully saturated rings. The first kappa shape index (κ1) is 17.2. The molecule has 1 N–H and O–H groups in total. The highest BCUT2D eigenvalue weighted by atomic mass is 32.2. The van der Waals surface area contributed by atoms with Crippen molar-refractivity contribution in [2.45, 2.75) is 39.8 Å². The van der Waals surface area contributed by atoms with Crippen molar-refractivity contribution in [2.24, 2.45) is 0 Å². The second-order valence-corrected chi connectivity index (χ2v) is 9.01. The third-order valence-electron chi connectivity index (χ3n) is 4.84. The molecule has 0 amide bonds. The second kappa shape index (κ2) is 6.33. The van der Waals surface area contributed by atoms with Gasteiger partial charge in [-0.15, -0.1) is 0 Å². The van der Waals surface area contributed by atoms with Crippen LogP contribution in [0.1, 0.15) is 30.2 Å². The standard InChI is InChI=1S/C18H24N2O3S/c1-4-20(15-5-6-24(22,23)11-15)10-14-9-17(21)16-8-12(2)7-13(3)18(16)19-14/h7-9,15H,4-6,10-11H2,1-3H3,(H,19,21)/t15-/m1/s1. The number of pyridine rings is 1. The van der Waals surface area contributed by atoms with E-state index in [1.54, 1.807) is 6.07 Å². The molecular formula is C18H24N2O3S. The van der Waals surface area contributed by atoms with Gasteiger partial charge in [0.15, 0.2) is 15.3 Å². The van der Waals surface area contributed by atoms with Crippen LogP contribution in [0.4, 0.5) is 0 Å². The van der Waals surface area contributed by atoms with E-state index < -0.39 is 9.84 Å². The Balaban J connectivity index is 1.93. The third kappa shape index (κ3) is 3.39. The van der Waals surface area contributed by atoms with Gasteiger partial charge >= 0.3 is 0 Å². The number of fused-ring (bicyclic) bond motifs is 1. The summed E-state index contributed by atoms with van der Waals surface area (Å²) in [7, 11) is -2.91. The fourth-order valence-corrected chi connectivity index (χ4v) is 5.39. The molecule has 0 bridgehead atoms. The predicted octanol–water partition coefficient (Wildman–Crippen LogP) is 2.15. The highest BCUT2D eigenvalue weighted by Crippen LogP contribution is 2.21. The number of aryl methyl sites for hydroxylation is 2. The van der Waals surface area contributed by atoms with Crippen LogP contribution in [-0.4, -0.2) is 42.4 Å². The smallest absolute Gasteiger partial charge is 0.189 e. The Labute approximate surface area is 142 Å². The first-order chi connectivity index (χ1) is 11.3. The lowest BCUT2D eigenvalue weighted by molar-refractivity contribution is 0.212. The minimum Gasteiger partial charge on any atom is -0.357 e. The van der Waals surface area contributed by atoms with Crippen LogP contribution in [0, 0.1) is 13.8 Å². The van der Waals surface area contributed by atoms with Gasteiger partial charge in [0, 0.05) is 29.7 Å². The lowest BCUT2D eigenvalue weighted by atomic mass is 10.1. The van der Waals surface area contributed by atoms with Gasteiger partial charge in [0.25, 0.3) is 0 Å². The van der Waals surface area contributed by atoms with E-state index in [-0.39, 0.29) is 23.0 Å². The molecule has 5 nitrogen and oxygen atoms in total. The van der Waals surface area contributed by atoms with Gasteiger partial charge in [-0.3, -0.25) is 9.69 Å². The number of hydrogen-bond acceptors (Lipinski definition) is 4. The van der Waals surface area contributed by atoms with Crippen LogP contribution in [0.3, 0.4) is 0 Å². The summed E-state index contributed by atoms with van der Waals surface area (Å²) >= 11 is 0. The first-order valence-corrected chi connectivity index (χ1v) is 10.2. The molecule has 0 unspecified atom stereocenters. The fourth-order valence-electron chi connectivity index (χ4n) is 3.63. The number of nitrogens with one attached hydrogen (secondary N) is 1. The normalized spacial score (nSPS) is 20.1. The number of sulfone groups is 1. The van der Waals surface area contributed by atoms with E-state index in [9.17, 15) is 13.2 Å². The van der Waals surface area contributed by atoms with Gasteiger partial charge in [-0.05, 0) is 44.0 Å². The van der Waals surface area contributed by atoms with Gasteiger partial charge in [0.2, 0.25) is 0 Å². The average Bonchev–Trinajstić information content (AvgIpc) is 2.86. The largest absolute Gasteiger partial charge is 0.357 e. The van der Waals surface area contributed by atoms with E-state index in [4.69, 9.17) is 0 Å². The Morgan fingerprint density at radius 1 is 1.25 bits per heavy atom. The summed E-state index contributed by atoms with van der Waals surface area (Å²) in [4.78, 5) is 18.0. The Morgan fingerprint density at radius 2 is 2.00 bits per heavy atom. The minimum absolute atomic E-state index is 0.0145. The molecule has 1 saturated heterocycles. The van der Waals surface area contributed by atoms with Crippen molar-refractivity contribution in [1.82, 2.24) is 9.88 Å². The van der Waals surface area contributed by atoms with E-state index in [1.807, 2.05) is 26.8 Å². The van der Waals surface area contributed by atoms with Crippen LogP contribution in [-0.2, 0) is 16.4 Å². The number of hydrogen-bond donors (Lipinski definition) is 1. The van der Waals surface area contributed by atoms with Crippen molar-refractivity contribution >= 4 is 20.7 Å². The lowest BCUT2D eigenvalue weighted by Crippen LogP contribution is -2.36. The van der Waals surface area contributed by atoms with Crippen molar-refractivity contribution in [3.05, 3.63) is 45.2 Å². The topological polar surface area (TPSA) is 70.2 Å². The quantitative estimate of drug-likeness (QED) is 0.919. The predicted molar refractivity (Wildman–Crippen MR) is 97.2 cm³/mol. The van der Waals surface area contributed by atoms with Crippen LogP contribution in [0.25, 0.3) is 10.9 Å². The maximum absolute atomic E-state index is 12.5. The zero-order chi connectivity index (χ0) is 17.5. The Hall–Kier alpha value is -1.66. The molecule has 1 aliphatic heterocycles. The van der Waals surface area contributed by atoms with Gasteiger partial charge in [-0.1, -0.05) is 13.0 Å². The SMILES string of the molecule is CCN(Cc1cc(=O)c2cc(C)cc(C)c2[nH]1)[C@@H]1CCS(=O)(=O)C1. The van der Waals surface area contributed by atoms with E-state index in [2.05, 4.69) is 16.0 Å². The summed E-state index contributed by atoms with van der Waals surface area (Å²) < 4.78 is 23.5. The Morgan fingerprint density at radius 3 is 2.62 bits per heavy atom. The monoisotopic (exact) mass is 348 g/mol. The fraction of sp³-hybridized carbons (Fsp3) is 0.500. The summed E-state index contributed by atoms with van der Waals surface area (Å²) in [5.74, 6) is 0.484. The summed E-state index contributed by atoms with van der Waals surface area (Å²) in [6, 6.07) is 5.65. The summed E-state index contributed by atoms with van der Waals surface area (Å²) in [5.41, 5.74) is 3.85. The molecule has 6 heteroatoms. The maximum atomic E-state index is 12.5. The van der Waals surface area contributed by atoms with Crippen LogP contribution >= 0.6 is 0 Å². The number of nitrogens with zero attached hydrogens (tertiary/aromatic N) is 1. The van der Waals surface area contributed by atoms with Gasteiger partial charge in [-0.25, -0.2) is 8.42 Å². The van der Waals surface area contributed by atoms with Crippen molar-refractivity contribution in [1.29, 1.82) is 0 Å². The van der Waals surface area contributed by atoms with Crippen molar-refractivity contribution in [2.75, 3.05) is 18.1 Å². The molecule has 0 saturated carbocycles.